The monoisotopic (exact) mass is 311 g/mol. The van der Waals surface area contributed by atoms with E-state index in [0.717, 1.165) is 44.5 Å². The Balaban J connectivity index is 2.19. The van der Waals surface area contributed by atoms with Crippen molar-refractivity contribution in [1.29, 1.82) is 0 Å². The molecule has 5 heteroatoms. The maximum atomic E-state index is 12.8. The first-order valence-electron chi connectivity index (χ1n) is 7.44. The van der Waals surface area contributed by atoms with E-state index in [1.54, 1.807) is 24.8 Å². The Kier molecular flexibility index (Phi) is 4.94. The molecule has 0 spiro atoms. The van der Waals surface area contributed by atoms with Crippen LogP contribution in [0.1, 0.15) is 41.5 Å². The molecule has 1 aromatic rings. The fourth-order valence-electron chi connectivity index (χ4n) is 2.78. The van der Waals surface area contributed by atoms with Gasteiger partial charge in [-0.25, -0.2) is 0 Å². The highest BCUT2D eigenvalue weighted by Gasteiger charge is 2.31. The van der Waals surface area contributed by atoms with Gasteiger partial charge in [0.25, 0.3) is 0 Å². The molecule has 1 heterocycles. The molecule has 1 aliphatic rings. The fraction of sp³-hybridized carbons (Fsp3) is 0.471. The van der Waals surface area contributed by atoms with Gasteiger partial charge in [0.15, 0.2) is 0 Å². The number of carbonyl (C=O) groups is 1. The van der Waals surface area contributed by atoms with Crippen molar-refractivity contribution in [2.45, 2.75) is 39.3 Å². The Hall–Kier alpha value is -1.78. The third-order valence-electron chi connectivity index (χ3n) is 3.98. The van der Waals surface area contributed by atoms with E-state index in [1.165, 1.54) is 6.08 Å². The van der Waals surface area contributed by atoms with Gasteiger partial charge in [0.05, 0.1) is 5.56 Å². The van der Waals surface area contributed by atoms with Crippen LogP contribution >= 0.6 is 0 Å². The summed E-state index contributed by atoms with van der Waals surface area (Å²) in [5, 5.41) is 0. The van der Waals surface area contributed by atoms with Crippen LogP contribution in [0.2, 0.25) is 0 Å². The van der Waals surface area contributed by atoms with Gasteiger partial charge in [-0.15, -0.1) is 0 Å². The number of amides is 1. The largest absolute Gasteiger partial charge is 0.416 e. The van der Waals surface area contributed by atoms with Crippen molar-refractivity contribution in [2.24, 2.45) is 0 Å². The van der Waals surface area contributed by atoms with E-state index in [0.29, 0.717) is 16.7 Å². The van der Waals surface area contributed by atoms with E-state index in [1.807, 2.05) is 0 Å². The van der Waals surface area contributed by atoms with Crippen molar-refractivity contribution in [3.8, 4) is 0 Å². The summed E-state index contributed by atoms with van der Waals surface area (Å²) in [5.74, 6) is -0.0709. The van der Waals surface area contributed by atoms with Crippen molar-refractivity contribution in [1.82, 2.24) is 4.90 Å². The first kappa shape index (κ1) is 16.6. The van der Waals surface area contributed by atoms with E-state index in [9.17, 15) is 18.0 Å². The quantitative estimate of drug-likeness (QED) is 0.744. The van der Waals surface area contributed by atoms with Crippen LogP contribution in [-0.2, 0) is 11.0 Å². The Morgan fingerprint density at radius 1 is 1.09 bits per heavy atom. The maximum absolute atomic E-state index is 12.8. The van der Waals surface area contributed by atoms with E-state index in [2.05, 4.69) is 0 Å². The molecular weight excluding hydrogens is 291 g/mol. The summed E-state index contributed by atoms with van der Waals surface area (Å²) in [6.07, 6.45) is 1.91. The predicted molar refractivity (Wildman–Crippen MR) is 80.4 cm³/mol. The molecule has 0 unspecified atom stereocenters. The number of halogens is 3. The second kappa shape index (κ2) is 6.55. The Morgan fingerprint density at radius 2 is 1.64 bits per heavy atom. The molecule has 2 nitrogen and oxygen atoms in total. The summed E-state index contributed by atoms with van der Waals surface area (Å²) < 4.78 is 38.3. The smallest absolute Gasteiger partial charge is 0.339 e. The topological polar surface area (TPSA) is 20.3 Å². The third kappa shape index (κ3) is 3.90. The number of benzene rings is 1. The van der Waals surface area contributed by atoms with Crippen molar-refractivity contribution in [3.05, 3.63) is 40.5 Å². The zero-order valence-corrected chi connectivity index (χ0v) is 12.8. The van der Waals surface area contributed by atoms with Gasteiger partial charge in [0.1, 0.15) is 0 Å². The second-order valence-corrected chi connectivity index (χ2v) is 5.74. The number of carbonyl (C=O) groups excluding carboxylic acids is 1. The van der Waals surface area contributed by atoms with E-state index in [-0.39, 0.29) is 5.91 Å². The van der Waals surface area contributed by atoms with Gasteiger partial charge in [-0.05, 0) is 68.0 Å². The number of rotatable bonds is 2. The number of aryl methyl sites for hydroxylation is 2. The summed E-state index contributed by atoms with van der Waals surface area (Å²) in [7, 11) is 0. The minimum absolute atomic E-state index is 0.0709. The van der Waals surface area contributed by atoms with Crippen LogP contribution < -0.4 is 0 Å². The molecule has 2 rings (SSSR count). The summed E-state index contributed by atoms with van der Waals surface area (Å²) in [4.78, 5) is 13.9. The van der Waals surface area contributed by atoms with Gasteiger partial charge in [0.2, 0.25) is 5.91 Å². The van der Waals surface area contributed by atoms with Gasteiger partial charge < -0.3 is 4.90 Å². The SMILES string of the molecule is Cc1cc(C(F)(F)F)cc(C)c1C=CC(=O)N1CCCCC1. The molecule has 0 atom stereocenters. The first-order valence-corrected chi connectivity index (χ1v) is 7.44. The highest BCUT2D eigenvalue weighted by Crippen LogP contribution is 2.32. The molecule has 1 fully saturated rings. The summed E-state index contributed by atoms with van der Waals surface area (Å²) in [6.45, 7) is 4.78. The number of nitrogens with zero attached hydrogens (tertiary/aromatic N) is 1. The molecule has 0 saturated carbocycles. The van der Waals surface area contributed by atoms with Crippen LogP contribution in [0.4, 0.5) is 13.2 Å². The molecular formula is C17H20F3NO. The maximum Gasteiger partial charge on any atom is 0.416 e. The third-order valence-corrected chi connectivity index (χ3v) is 3.98. The Morgan fingerprint density at radius 3 is 2.14 bits per heavy atom. The van der Waals surface area contributed by atoms with Gasteiger partial charge >= 0.3 is 6.18 Å². The predicted octanol–water partition coefficient (Wildman–Crippen LogP) is 4.35. The Labute approximate surface area is 128 Å². The van der Waals surface area contributed by atoms with Gasteiger partial charge in [-0.3, -0.25) is 4.79 Å². The van der Waals surface area contributed by atoms with Crippen molar-refractivity contribution >= 4 is 12.0 Å². The van der Waals surface area contributed by atoms with Crippen LogP contribution in [0, 0.1) is 13.8 Å². The molecule has 0 bridgehead atoms. The van der Waals surface area contributed by atoms with E-state index in [4.69, 9.17) is 0 Å². The average Bonchev–Trinajstić information content (AvgIpc) is 2.46. The molecule has 1 aliphatic heterocycles. The number of piperidine rings is 1. The summed E-state index contributed by atoms with van der Waals surface area (Å²) >= 11 is 0. The van der Waals surface area contributed by atoms with E-state index < -0.39 is 11.7 Å². The standard InChI is InChI=1S/C17H20F3NO/c1-12-10-14(17(18,19)20)11-13(2)15(12)6-7-16(22)21-8-4-3-5-9-21/h6-7,10-11H,3-5,8-9H2,1-2H3. The number of hydrogen-bond acceptors (Lipinski definition) is 1. The van der Waals surface area contributed by atoms with Gasteiger partial charge in [-0.1, -0.05) is 0 Å². The van der Waals surface area contributed by atoms with Crippen LogP contribution in [0.15, 0.2) is 18.2 Å². The zero-order valence-electron chi connectivity index (χ0n) is 12.8. The second-order valence-electron chi connectivity index (χ2n) is 5.74. The number of alkyl halides is 3. The normalized spacial score (nSPS) is 16.3. The molecule has 0 radical (unpaired) electrons. The Bertz CT molecular complexity index is 561. The average molecular weight is 311 g/mol. The molecule has 1 amide bonds. The van der Waals surface area contributed by atoms with Crippen molar-refractivity contribution in [2.75, 3.05) is 13.1 Å². The fourth-order valence-corrected chi connectivity index (χ4v) is 2.78. The highest BCUT2D eigenvalue weighted by molar-refractivity contribution is 5.92. The lowest BCUT2D eigenvalue weighted by Crippen LogP contribution is -2.34. The molecule has 22 heavy (non-hydrogen) atoms. The number of likely N-dealkylation sites (tertiary alicyclic amines) is 1. The molecule has 0 N–H and O–H groups in total. The summed E-state index contributed by atoms with van der Waals surface area (Å²) in [5.41, 5.74) is 1.07. The van der Waals surface area contributed by atoms with Crippen LogP contribution in [0.5, 0.6) is 0 Å². The first-order chi connectivity index (χ1) is 10.3. The van der Waals surface area contributed by atoms with Crippen LogP contribution in [-0.4, -0.2) is 23.9 Å². The highest BCUT2D eigenvalue weighted by atomic mass is 19.4. The molecule has 0 aromatic heterocycles. The van der Waals surface area contributed by atoms with Crippen molar-refractivity contribution in [3.63, 3.8) is 0 Å². The lowest BCUT2D eigenvalue weighted by Gasteiger charge is -2.25. The van der Waals surface area contributed by atoms with Gasteiger partial charge in [0, 0.05) is 19.2 Å². The van der Waals surface area contributed by atoms with Crippen LogP contribution in [0.3, 0.4) is 0 Å². The minimum atomic E-state index is -4.35. The van der Waals surface area contributed by atoms with Gasteiger partial charge in [-0.2, -0.15) is 13.2 Å². The lowest BCUT2D eigenvalue weighted by molar-refractivity contribution is -0.137. The molecule has 1 aromatic carbocycles. The number of hydrogen-bond donors (Lipinski definition) is 0. The van der Waals surface area contributed by atoms with Crippen molar-refractivity contribution < 1.29 is 18.0 Å². The molecule has 120 valence electrons. The minimum Gasteiger partial charge on any atom is -0.339 e. The van der Waals surface area contributed by atoms with E-state index >= 15 is 0 Å². The zero-order chi connectivity index (χ0) is 16.3. The summed E-state index contributed by atoms with van der Waals surface area (Å²) in [6, 6.07) is 2.25. The van der Waals surface area contributed by atoms with Crippen LogP contribution in [0.25, 0.3) is 6.08 Å². The molecule has 1 saturated heterocycles. The molecule has 0 aliphatic carbocycles. The lowest BCUT2D eigenvalue weighted by atomic mass is 9.98.